The fraction of sp³-hybridized carbons (Fsp3) is 0.0769. The maximum atomic E-state index is 8.49. The number of hydrogen-bond acceptors (Lipinski definition) is 8. The van der Waals surface area contributed by atoms with E-state index in [2.05, 4.69) is 121 Å². The van der Waals surface area contributed by atoms with E-state index in [-0.39, 0.29) is 36.3 Å². The molecule has 4 aromatic carbocycles. The third-order valence-electron chi connectivity index (χ3n) is 4.82. The molecule has 0 bridgehead atoms. The largest absolute Gasteiger partial charge is 2.00 e. The van der Waals surface area contributed by atoms with Crippen LogP contribution in [0.15, 0.2) is 121 Å². The molecule has 0 aliphatic carbocycles. The summed E-state index contributed by atoms with van der Waals surface area (Å²) in [5, 5.41) is 5.89. The summed E-state index contributed by atoms with van der Waals surface area (Å²) in [6, 6.07) is 44.2. The Labute approximate surface area is 247 Å². The van der Waals surface area contributed by atoms with Crippen molar-refractivity contribution < 1.29 is 78.2 Å². The smallest absolute Gasteiger partial charge is 0.222 e. The average Bonchev–Trinajstić information content (AvgIpc) is 2.87. The van der Waals surface area contributed by atoms with E-state index < -0.39 is 20.5 Å². The molecular formula is C26H24Cl2O8P2Pd. The van der Waals surface area contributed by atoms with Crippen LogP contribution in [-0.4, -0.2) is 12.3 Å². The van der Waals surface area contributed by atoms with Crippen LogP contribution < -0.4 is 58.5 Å². The number of rotatable bonds is 7. The maximum Gasteiger partial charge on any atom is 2.00 e. The fourth-order valence-electron chi connectivity index (χ4n) is 3.45. The third kappa shape index (κ3) is 16.5. The van der Waals surface area contributed by atoms with Gasteiger partial charge in [-0.3, -0.25) is 0 Å². The van der Waals surface area contributed by atoms with Gasteiger partial charge in [-0.05, 0) is 49.4 Å². The predicted molar refractivity (Wildman–Crippen MR) is 128 cm³/mol. The van der Waals surface area contributed by atoms with Crippen molar-refractivity contribution in [3.05, 3.63) is 121 Å². The van der Waals surface area contributed by atoms with Gasteiger partial charge in [0.05, 0.1) is 0 Å². The topological polar surface area (TPSA) is 184 Å². The first kappa shape index (κ1) is 35.7. The van der Waals surface area contributed by atoms with Gasteiger partial charge in [-0.15, -0.1) is 20.5 Å². The van der Waals surface area contributed by atoms with Gasteiger partial charge in [0.1, 0.15) is 0 Å². The van der Waals surface area contributed by atoms with Crippen LogP contribution in [0.1, 0.15) is 0 Å². The van der Waals surface area contributed by atoms with Crippen molar-refractivity contribution in [2.24, 2.45) is 0 Å². The van der Waals surface area contributed by atoms with Crippen molar-refractivity contribution in [3.63, 3.8) is 0 Å². The zero-order valence-corrected chi connectivity index (χ0v) is 25.0. The molecule has 8 nitrogen and oxygen atoms in total. The fourth-order valence-corrected chi connectivity index (χ4v) is 8.80. The molecule has 0 unspecified atom stereocenters. The van der Waals surface area contributed by atoms with Crippen LogP contribution in [0.4, 0.5) is 0 Å². The van der Waals surface area contributed by atoms with E-state index in [9.17, 15) is 0 Å². The van der Waals surface area contributed by atoms with E-state index in [1.165, 1.54) is 33.5 Å². The number of hydrogen-bond donors (Lipinski definition) is 0. The van der Waals surface area contributed by atoms with Crippen molar-refractivity contribution in [2.75, 3.05) is 12.3 Å². The maximum absolute atomic E-state index is 8.49. The monoisotopic (exact) mass is 702 g/mol. The molecule has 210 valence electrons. The molecule has 39 heavy (non-hydrogen) atoms. The molecule has 0 aliphatic rings. The van der Waals surface area contributed by atoms with Gasteiger partial charge < -0.3 is 0 Å². The Kier molecular flexibility index (Phi) is 16.6. The molecule has 4 rings (SSSR count). The summed E-state index contributed by atoms with van der Waals surface area (Å²) >= 11 is 0. The van der Waals surface area contributed by atoms with Gasteiger partial charge in [-0.25, -0.2) is 37.3 Å². The Hall–Kier alpha value is -1.34. The Morgan fingerprint density at radius 1 is 0.359 bits per heavy atom. The summed E-state index contributed by atoms with van der Waals surface area (Å²) in [6.45, 7) is 0. The summed E-state index contributed by atoms with van der Waals surface area (Å²) in [7, 11) is -10.6. The number of halogens is 2. The van der Waals surface area contributed by atoms with Gasteiger partial charge in [0.25, 0.3) is 0 Å². The van der Waals surface area contributed by atoms with Gasteiger partial charge in [-0.2, -0.15) is 0 Å². The van der Waals surface area contributed by atoms with Crippen LogP contribution in [0.5, 0.6) is 0 Å². The molecule has 4 aromatic rings. The summed E-state index contributed by atoms with van der Waals surface area (Å²) in [6.07, 6.45) is 2.41. The summed E-state index contributed by atoms with van der Waals surface area (Å²) < 4.78 is 67.9. The molecule has 0 amide bonds. The molecule has 0 atom stereocenters. The summed E-state index contributed by atoms with van der Waals surface area (Å²) in [4.78, 5) is 0. The molecule has 0 saturated carbocycles. The van der Waals surface area contributed by atoms with Crippen molar-refractivity contribution in [1.29, 1.82) is 0 Å². The molecule has 13 heteroatoms. The molecule has 0 aliphatic heterocycles. The molecule has 0 heterocycles. The van der Waals surface area contributed by atoms with Crippen LogP contribution in [0.2, 0.25) is 0 Å². The third-order valence-corrected chi connectivity index (χ3v) is 10.2. The second kappa shape index (κ2) is 18.2. The molecule has 0 fully saturated rings. The second-order valence-corrected chi connectivity index (χ2v) is 13.6. The molecule has 0 aromatic heterocycles. The van der Waals surface area contributed by atoms with Gasteiger partial charge in [0.15, 0.2) is 0 Å². The molecule has 0 N–H and O–H groups in total. The predicted octanol–water partition coefficient (Wildman–Crippen LogP) is -4.26. The SMILES string of the molecule is [O-][Cl+3]([O-])([O-])[O-].[O-][Cl+3]([O-])([O-])[O-].[Pd+2].c1ccc(P(CCP(c2ccccc2)c2ccccc2)c2ccccc2)cc1. The first-order chi connectivity index (χ1) is 17.9. The minimum atomic E-state index is -4.94. The van der Waals surface area contributed by atoms with E-state index >= 15 is 0 Å². The van der Waals surface area contributed by atoms with E-state index in [0.29, 0.717) is 0 Å². The molecule has 0 radical (unpaired) electrons. The van der Waals surface area contributed by atoms with Crippen LogP contribution in [0, 0.1) is 20.5 Å². The standard InChI is InChI=1S/C26H24P2.2ClHO4.Pd/c1-5-13-23(14-6-1)27(24-15-7-2-8-16-24)21-22-28(25-17-9-3-10-18-25)26-19-11-4-12-20-26;2*2-1(3,4)5;/h1-20H,21-22H2;2*(H,2,3,4,5);/q;;;+2/p-2. The van der Waals surface area contributed by atoms with Crippen molar-refractivity contribution in [1.82, 2.24) is 0 Å². The Morgan fingerprint density at radius 2 is 0.513 bits per heavy atom. The van der Waals surface area contributed by atoms with E-state index in [1.807, 2.05) is 0 Å². The van der Waals surface area contributed by atoms with E-state index in [1.54, 1.807) is 0 Å². The Bertz CT molecular complexity index is 985. The quantitative estimate of drug-likeness (QED) is 0.137. The minimum Gasteiger partial charge on any atom is -0.222 e. The van der Waals surface area contributed by atoms with Crippen molar-refractivity contribution in [3.8, 4) is 0 Å². The van der Waals surface area contributed by atoms with Crippen molar-refractivity contribution in [2.45, 2.75) is 0 Å². The summed E-state index contributed by atoms with van der Waals surface area (Å²) in [5.74, 6) is 0. The summed E-state index contributed by atoms with van der Waals surface area (Å²) in [5.41, 5.74) is 0. The van der Waals surface area contributed by atoms with Crippen LogP contribution in [0.3, 0.4) is 0 Å². The van der Waals surface area contributed by atoms with Crippen LogP contribution in [-0.2, 0) is 20.4 Å². The first-order valence-corrected chi connectivity index (χ1v) is 16.4. The average molecular weight is 704 g/mol. The van der Waals surface area contributed by atoms with Crippen LogP contribution >= 0.6 is 15.8 Å². The molecule has 0 saturated heterocycles. The molecule has 0 spiro atoms. The second-order valence-electron chi connectivity index (χ2n) is 7.40. The van der Waals surface area contributed by atoms with Gasteiger partial charge in [0, 0.05) is 0 Å². The Balaban J connectivity index is 0.000000595. The number of benzene rings is 4. The van der Waals surface area contributed by atoms with E-state index in [0.717, 1.165) is 0 Å². The Morgan fingerprint density at radius 3 is 0.667 bits per heavy atom. The van der Waals surface area contributed by atoms with Gasteiger partial charge in [-0.1, -0.05) is 121 Å². The van der Waals surface area contributed by atoms with Crippen LogP contribution in [0.25, 0.3) is 0 Å². The van der Waals surface area contributed by atoms with E-state index in [4.69, 9.17) is 37.3 Å². The zero-order valence-electron chi connectivity index (χ0n) is 20.2. The van der Waals surface area contributed by atoms with Crippen molar-refractivity contribution >= 4 is 37.1 Å². The first-order valence-electron chi connectivity index (χ1n) is 10.9. The molecular weight excluding hydrogens is 680 g/mol. The van der Waals surface area contributed by atoms with Gasteiger partial charge in [0.2, 0.25) is 0 Å². The van der Waals surface area contributed by atoms with Gasteiger partial charge >= 0.3 is 20.4 Å². The zero-order chi connectivity index (χ0) is 28.0. The minimum absolute atomic E-state index is 0. The normalized spacial score (nSPS) is 11.0.